The van der Waals surface area contributed by atoms with Crippen LogP contribution in [0.25, 0.3) is 11.3 Å². The van der Waals surface area contributed by atoms with E-state index in [9.17, 15) is 0 Å². The molecule has 0 unspecified atom stereocenters. The van der Waals surface area contributed by atoms with Crippen LogP contribution in [0.5, 0.6) is 0 Å². The lowest BCUT2D eigenvalue weighted by Crippen LogP contribution is -2.34. The van der Waals surface area contributed by atoms with Crippen molar-refractivity contribution in [1.29, 1.82) is 0 Å². The molecule has 1 aliphatic carbocycles. The molecule has 0 bridgehead atoms. The lowest BCUT2D eigenvalue weighted by molar-refractivity contribution is 0.346. The number of rotatable bonds is 5. The molecule has 6 heteroatoms. The number of aromatic nitrogens is 3. The highest BCUT2D eigenvalue weighted by atomic mass is 16.5. The van der Waals surface area contributed by atoms with Gasteiger partial charge in [-0.15, -0.1) is 0 Å². The van der Waals surface area contributed by atoms with Crippen molar-refractivity contribution in [3.05, 3.63) is 53.6 Å². The van der Waals surface area contributed by atoms with Crippen molar-refractivity contribution >= 4 is 0 Å². The van der Waals surface area contributed by atoms with Crippen LogP contribution in [0.2, 0.25) is 0 Å². The van der Waals surface area contributed by atoms with Gasteiger partial charge in [0, 0.05) is 18.4 Å². The van der Waals surface area contributed by atoms with Crippen LogP contribution in [0.1, 0.15) is 48.9 Å². The average molecular weight is 338 g/mol. The zero-order chi connectivity index (χ0) is 17.3. The number of nitrogens with two attached hydrogens (primary N) is 1. The summed E-state index contributed by atoms with van der Waals surface area (Å²) in [6, 6.07) is 8.19. The lowest BCUT2D eigenvalue weighted by atomic mass is 9.99. The van der Waals surface area contributed by atoms with E-state index in [1.54, 1.807) is 6.20 Å². The molecule has 1 fully saturated rings. The number of benzene rings is 1. The molecule has 0 amide bonds. The highest BCUT2D eigenvalue weighted by molar-refractivity contribution is 5.56. The molecule has 0 radical (unpaired) electrons. The van der Waals surface area contributed by atoms with Gasteiger partial charge in [0.05, 0.1) is 11.7 Å². The summed E-state index contributed by atoms with van der Waals surface area (Å²) in [5, 5.41) is 4.08. The summed E-state index contributed by atoms with van der Waals surface area (Å²) in [4.78, 5) is 8.83. The fourth-order valence-electron chi connectivity index (χ4n) is 3.28. The van der Waals surface area contributed by atoms with E-state index in [2.05, 4.69) is 34.2 Å². The first kappa shape index (κ1) is 16.0. The summed E-state index contributed by atoms with van der Waals surface area (Å²) in [7, 11) is 0. The summed E-state index contributed by atoms with van der Waals surface area (Å²) in [5.41, 5.74) is 8.19. The van der Waals surface area contributed by atoms with Gasteiger partial charge in [0.15, 0.2) is 17.5 Å². The number of aryl methyl sites for hydroxylation is 3. The molecule has 3 aromatic rings. The van der Waals surface area contributed by atoms with E-state index < -0.39 is 5.54 Å². The zero-order valence-electron chi connectivity index (χ0n) is 14.4. The molecular formula is C19H22N4O2. The highest BCUT2D eigenvalue weighted by Gasteiger charge is 2.35. The fraction of sp³-hybridized carbons (Fsp3) is 0.421. The van der Waals surface area contributed by atoms with Gasteiger partial charge in [-0.2, -0.15) is 4.98 Å². The minimum atomic E-state index is -0.413. The van der Waals surface area contributed by atoms with E-state index in [1.807, 2.05) is 12.1 Å². The van der Waals surface area contributed by atoms with Gasteiger partial charge < -0.3 is 14.7 Å². The zero-order valence-corrected chi connectivity index (χ0v) is 14.4. The first-order valence-corrected chi connectivity index (χ1v) is 8.76. The van der Waals surface area contributed by atoms with E-state index >= 15 is 0 Å². The van der Waals surface area contributed by atoms with Crippen molar-refractivity contribution < 1.29 is 8.94 Å². The Morgan fingerprint density at radius 3 is 2.56 bits per heavy atom. The largest absolute Gasteiger partial charge is 0.441 e. The molecular weight excluding hydrogens is 316 g/mol. The fourth-order valence-corrected chi connectivity index (χ4v) is 3.28. The number of oxazole rings is 1. The second-order valence-corrected chi connectivity index (χ2v) is 6.86. The van der Waals surface area contributed by atoms with Crippen molar-refractivity contribution in [1.82, 2.24) is 15.1 Å². The molecule has 25 heavy (non-hydrogen) atoms. The maximum atomic E-state index is 6.36. The van der Waals surface area contributed by atoms with Crippen LogP contribution in [-0.2, 0) is 18.4 Å². The van der Waals surface area contributed by atoms with Crippen LogP contribution in [0.15, 0.2) is 39.4 Å². The van der Waals surface area contributed by atoms with Crippen LogP contribution in [0.4, 0.5) is 0 Å². The highest BCUT2D eigenvalue weighted by Crippen LogP contribution is 2.34. The Bertz CT molecular complexity index is 844. The number of nitrogens with zero attached hydrogens (tertiary/aromatic N) is 3. The predicted octanol–water partition coefficient (Wildman–Crippen LogP) is 3.55. The second-order valence-electron chi connectivity index (χ2n) is 6.86. The van der Waals surface area contributed by atoms with Crippen LogP contribution < -0.4 is 5.73 Å². The summed E-state index contributed by atoms with van der Waals surface area (Å²) < 4.78 is 11.2. The molecule has 2 heterocycles. The van der Waals surface area contributed by atoms with Crippen molar-refractivity contribution in [2.75, 3.05) is 0 Å². The predicted molar refractivity (Wildman–Crippen MR) is 92.7 cm³/mol. The summed E-state index contributed by atoms with van der Waals surface area (Å²) in [5.74, 6) is 2.65. The van der Waals surface area contributed by atoms with Gasteiger partial charge in [-0.25, -0.2) is 4.98 Å². The van der Waals surface area contributed by atoms with E-state index in [0.717, 1.165) is 37.0 Å². The Morgan fingerprint density at radius 2 is 1.80 bits per heavy atom. The van der Waals surface area contributed by atoms with Crippen LogP contribution in [0, 0.1) is 6.92 Å². The molecule has 4 rings (SSSR count). The quantitative estimate of drug-likeness (QED) is 0.765. The van der Waals surface area contributed by atoms with Gasteiger partial charge in [-0.1, -0.05) is 47.8 Å². The third kappa shape index (κ3) is 3.35. The molecule has 0 saturated heterocycles. The Labute approximate surface area is 146 Å². The normalized spacial score (nSPS) is 16.4. The standard InChI is InChI=1S/C19H22N4O2/c1-13-4-6-14(7-5-13)15-12-21-16(24-15)8-9-17-22-18(23-25-17)19(20)10-2-3-11-19/h4-7,12H,2-3,8-11,20H2,1H3. The van der Waals surface area contributed by atoms with Crippen LogP contribution >= 0.6 is 0 Å². The number of hydrogen-bond donors (Lipinski definition) is 1. The lowest BCUT2D eigenvalue weighted by Gasteiger charge is -2.17. The van der Waals surface area contributed by atoms with Crippen LogP contribution in [-0.4, -0.2) is 15.1 Å². The van der Waals surface area contributed by atoms with E-state index in [0.29, 0.717) is 30.4 Å². The minimum Gasteiger partial charge on any atom is -0.441 e. The molecule has 1 aromatic carbocycles. The maximum absolute atomic E-state index is 6.36. The SMILES string of the molecule is Cc1ccc(-c2cnc(CCc3nc(C4(N)CCCC4)no3)o2)cc1. The molecule has 130 valence electrons. The summed E-state index contributed by atoms with van der Waals surface area (Å²) >= 11 is 0. The summed E-state index contributed by atoms with van der Waals surface area (Å²) in [6.45, 7) is 2.06. The van der Waals surface area contributed by atoms with Gasteiger partial charge in [0.25, 0.3) is 0 Å². The van der Waals surface area contributed by atoms with Crippen molar-refractivity contribution in [3.63, 3.8) is 0 Å². The molecule has 1 aliphatic rings. The van der Waals surface area contributed by atoms with Gasteiger partial charge in [-0.3, -0.25) is 0 Å². The summed E-state index contributed by atoms with van der Waals surface area (Å²) in [6.07, 6.45) is 7.06. The molecule has 2 N–H and O–H groups in total. The molecule has 0 atom stereocenters. The average Bonchev–Trinajstić information content (AvgIpc) is 3.34. The minimum absolute atomic E-state index is 0.413. The Kier molecular flexibility index (Phi) is 4.13. The van der Waals surface area contributed by atoms with E-state index in [4.69, 9.17) is 14.7 Å². The maximum Gasteiger partial charge on any atom is 0.227 e. The molecule has 0 spiro atoms. The van der Waals surface area contributed by atoms with Crippen molar-refractivity contribution in [2.45, 2.75) is 51.0 Å². The van der Waals surface area contributed by atoms with E-state index in [-0.39, 0.29) is 0 Å². The number of hydrogen-bond acceptors (Lipinski definition) is 6. The second kappa shape index (κ2) is 6.44. The first-order chi connectivity index (χ1) is 12.1. The van der Waals surface area contributed by atoms with Gasteiger partial charge in [0.2, 0.25) is 5.89 Å². The Balaban J connectivity index is 1.40. The first-order valence-electron chi connectivity index (χ1n) is 8.76. The Morgan fingerprint density at radius 1 is 1.08 bits per heavy atom. The topological polar surface area (TPSA) is 91.0 Å². The Hall–Kier alpha value is -2.47. The molecule has 6 nitrogen and oxygen atoms in total. The van der Waals surface area contributed by atoms with E-state index in [1.165, 1.54) is 5.56 Å². The molecule has 2 aromatic heterocycles. The third-order valence-electron chi connectivity index (χ3n) is 4.85. The smallest absolute Gasteiger partial charge is 0.227 e. The van der Waals surface area contributed by atoms with Crippen molar-refractivity contribution in [2.24, 2.45) is 5.73 Å². The van der Waals surface area contributed by atoms with Gasteiger partial charge >= 0.3 is 0 Å². The third-order valence-corrected chi connectivity index (χ3v) is 4.85. The van der Waals surface area contributed by atoms with Crippen LogP contribution in [0.3, 0.4) is 0 Å². The van der Waals surface area contributed by atoms with Gasteiger partial charge in [0.1, 0.15) is 0 Å². The van der Waals surface area contributed by atoms with Crippen molar-refractivity contribution in [3.8, 4) is 11.3 Å². The monoisotopic (exact) mass is 338 g/mol. The molecule has 0 aliphatic heterocycles. The molecule has 1 saturated carbocycles. The van der Waals surface area contributed by atoms with Gasteiger partial charge in [-0.05, 0) is 19.8 Å².